The van der Waals surface area contributed by atoms with Crippen LogP contribution in [0.3, 0.4) is 0 Å². The van der Waals surface area contributed by atoms with Crippen molar-refractivity contribution in [3.63, 3.8) is 0 Å². The number of hydrogen-bond acceptors (Lipinski definition) is 14. The molecule has 0 bridgehead atoms. The van der Waals surface area contributed by atoms with Crippen molar-refractivity contribution >= 4 is 69.7 Å². The van der Waals surface area contributed by atoms with E-state index in [2.05, 4.69) is 71.5 Å². The molecule has 0 spiro atoms. The zero-order valence-corrected chi connectivity index (χ0v) is 37.7. The van der Waals surface area contributed by atoms with Crippen LogP contribution in [0.4, 0.5) is 0 Å². The van der Waals surface area contributed by atoms with E-state index in [1.807, 2.05) is 59.1 Å². The van der Waals surface area contributed by atoms with Gasteiger partial charge in [0.1, 0.15) is 26.4 Å². The van der Waals surface area contributed by atoms with Gasteiger partial charge < -0.3 is 47.4 Å². The minimum absolute atomic E-state index is 0.417. The van der Waals surface area contributed by atoms with Gasteiger partial charge in [-0.1, -0.05) is 36.4 Å². The lowest BCUT2D eigenvalue weighted by molar-refractivity contribution is 0.00708. The average molecular weight is 915 g/mol. The van der Waals surface area contributed by atoms with Crippen LogP contribution < -0.4 is 18.9 Å². The van der Waals surface area contributed by atoms with Gasteiger partial charge in [0, 0.05) is 19.5 Å². The fourth-order valence-corrected chi connectivity index (χ4v) is 10.7. The van der Waals surface area contributed by atoms with Crippen LogP contribution in [-0.4, -0.2) is 106 Å². The highest BCUT2D eigenvalue weighted by Gasteiger charge is 2.15. The molecule has 0 saturated carbocycles. The molecule has 0 aliphatic carbocycles. The van der Waals surface area contributed by atoms with Crippen LogP contribution in [0.2, 0.25) is 0 Å². The second kappa shape index (κ2) is 23.9. The third-order valence-corrected chi connectivity index (χ3v) is 14.2. The van der Waals surface area contributed by atoms with Gasteiger partial charge in [0.05, 0.1) is 89.0 Å². The van der Waals surface area contributed by atoms with E-state index < -0.39 is 0 Å². The summed E-state index contributed by atoms with van der Waals surface area (Å²) in [5, 5.41) is 4.31. The minimum atomic E-state index is 0.417. The fourth-order valence-electron chi connectivity index (χ4n) is 6.50. The molecule has 0 amide bonds. The highest BCUT2D eigenvalue weighted by Crippen LogP contribution is 2.44. The summed E-state index contributed by atoms with van der Waals surface area (Å²) in [7, 11) is 0. The molecule has 6 aromatic rings. The summed E-state index contributed by atoms with van der Waals surface area (Å²) in [6.07, 6.45) is 8.60. The molecule has 326 valence electrons. The molecule has 10 nitrogen and oxygen atoms in total. The molecule has 0 fully saturated rings. The molecule has 0 N–H and O–H groups in total. The number of ether oxygens (including phenoxy) is 10. The maximum atomic E-state index is 6.10. The summed E-state index contributed by atoms with van der Waals surface area (Å²) in [6, 6.07) is 25.4. The SMILES string of the molecule is C(=C/c1ccsc1-c1ccc(-c2ccc(-c3sccc3/C=C/c3ccc4c(c3)OCCOCCOCCOCCO4)s2)s1)/c1ccc2c(c1)OCCOCCOCCOCCO2. The summed E-state index contributed by atoms with van der Waals surface area (Å²) in [6.45, 7) is 7.81. The third kappa shape index (κ3) is 12.9. The van der Waals surface area contributed by atoms with Gasteiger partial charge in [0.2, 0.25) is 0 Å². The second-order valence-corrected chi connectivity index (χ2v) is 17.9. The van der Waals surface area contributed by atoms with E-state index >= 15 is 0 Å². The first-order valence-electron chi connectivity index (χ1n) is 20.7. The molecule has 62 heavy (non-hydrogen) atoms. The van der Waals surface area contributed by atoms with E-state index in [1.165, 1.54) is 40.4 Å². The van der Waals surface area contributed by atoms with Crippen LogP contribution in [0.25, 0.3) is 53.6 Å². The summed E-state index contributed by atoms with van der Waals surface area (Å²) >= 11 is 7.17. The van der Waals surface area contributed by atoms with E-state index in [1.54, 1.807) is 22.7 Å². The molecule has 2 aliphatic rings. The van der Waals surface area contributed by atoms with E-state index in [-0.39, 0.29) is 0 Å². The highest BCUT2D eigenvalue weighted by atomic mass is 32.1. The van der Waals surface area contributed by atoms with Crippen molar-refractivity contribution in [2.24, 2.45) is 0 Å². The van der Waals surface area contributed by atoms with Gasteiger partial charge in [-0.2, -0.15) is 0 Å². The van der Waals surface area contributed by atoms with Gasteiger partial charge >= 0.3 is 0 Å². The third-order valence-electron chi connectivity index (χ3n) is 9.57. The topological polar surface area (TPSA) is 92.3 Å². The van der Waals surface area contributed by atoms with Gasteiger partial charge in [-0.15, -0.1) is 45.3 Å². The van der Waals surface area contributed by atoms with Gasteiger partial charge in [-0.05, 0) is 93.7 Å². The Hall–Kier alpha value is -4.32. The number of fused-ring (bicyclic) bond motifs is 2. The Balaban J connectivity index is 0.918. The van der Waals surface area contributed by atoms with Gasteiger partial charge in [-0.3, -0.25) is 0 Å². The molecular formula is C48H50O10S4. The van der Waals surface area contributed by atoms with Crippen LogP contribution >= 0.6 is 45.3 Å². The Morgan fingerprint density at radius 2 is 0.661 bits per heavy atom. The number of thiophene rings is 4. The molecule has 2 aromatic carbocycles. The zero-order valence-electron chi connectivity index (χ0n) is 34.4. The van der Waals surface area contributed by atoms with Crippen LogP contribution in [0.1, 0.15) is 22.3 Å². The Kier molecular flexibility index (Phi) is 17.1. The first-order chi connectivity index (χ1) is 30.8. The lowest BCUT2D eigenvalue weighted by atomic mass is 10.1. The standard InChI is InChI=1S/C48H50O10S4/c1(35-3-7-39-41(33-35)57-29-25-53-21-17-49-15-19-51-23-27-55-39)5-37-13-31-59-47(37)45-11-9-43(61-45)44-10-12-46(62-44)48-38(14-32-60-48)6-2-36-4-8-40-42(34-36)58-30-26-54-22-18-50-16-20-52-24-28-56-40/h1-14,31-34H,15-30H2/b5-1-,6-2+. The molecule has 14 heteroatoms. The number of hydrogen-bond donors (Lipinski definition) is 0. The van der Waals surface area contributed by atoms with E-state index in [0.717, 1.165) is 11.1 Å². The Morgan fingerprint density at radius 1 is 0.323 bits per heavy atom. The summed E-state index contributed by atoms with van der Waals surface area (Å²) in [5.41, 5.74) is 4.39. The summed E-state index contributed by atoms with van der Waals surface area (Å²) in [4.78, 5) is 7.48. The monoisotopic (exact) mass is 914 g/mol. The predicted molar refractivity (Wildman–Crippen MR) is 252 cm³/mol. The average Bonchev–Trinajstić information content (AvgIpc) is 4.13. The van der Waals surface area contributed by atoms with Crippen molar-refractivity contribution in [1.82, 2.24) is 0 Å². The molecule has 0 atom stereocenters. The van der Waals surface area contributed by atoms with E-state index in [4.69, 9.17) is 47.4 Å². The van der Waals surface area contributed by atoms with Crippen molar-refractivity contribution in [3.8, 4) is 52.3 Å². The molecule has 6 heterocycles. The molecule has 0 radical (unpaired) electrons. The molecule has 2 aliphatic heterocycles. The Labute approximate surface area is 378 Å². The van der Waals surface area contributed by atoms with Crippen molar-refractivity contribution < 1.29 is 47.4 Å². The van der Waals surface area contributed by atoms with Crippen LogP contribution in [0, 0.1) is 0 Å². The Bertz CT molecular complexity index is 2180. The molecule has 0 unspecified atom stereocenters. The van der Waals surface area contributed by atoms with Crippen LogP contribution in [-0.2, 0) is 28.4 Å². The molecule has 8 rings (SSSR count). The zero-order chi connectivity index (χ0) is 42.0. The summed E-state index contributed by atoms with van der Waals surface area (Å²) in [5.74, 6) is 2.74. The Morgan fingerprint density at radius 3 is 1.05 bits per heavy atom. The quantitative estimate of drug-likeness (QED) is 0.154. The second-order valence-electron chi connectivity index (χ2n) is 13.9. The minimum Gasteiger partial charge on any atom is -0.487 e. The highest BCUT2D eigenvalue weighted by molar-refractivity contribution is 7.28. The van der Waals surface area contributed by atoms with Crippen LogP contribution in [0.15, 0.2) is 83.6 Å². The van der Waals surface area contributed by atoms with E-state index in [9.17, 15) is 0 Å². The summed E-state index contributed by atoms with van der Waals surface area (Å²) < 4.78 is 57.8. The lowest BCUT2D eigenvalue weighted by Gasteiger charge is -2.13. The van der Waals surface area contributed by atoms with Gasteiger partial charge in [-0.25, -0.2) is 0 Å². The van der Waals surface area contributed by atoms with Crippen molar-refractivity contribution in [2.45, 2.75) is 0 Å². The van der Waals surface area contributed by atoms with Gasteiger partial charge in [0.25, 0.3) is 0 Å². The van der Waals surface area contributed by atoms with Crippen LogP contribution in [0.5, 0.6) is 23.0 Å². The number of rotatable bonds is 7. The largest absolute Gasteiger partial charge is 0.487 e. The van der Waals surface area contributed by atoms with Crippen molar-refractivity contribution in [2.75, 3.05) is 106 Å². The first kappa shape index (κ1) is 44.3. The predicted octanol–water partition coefficient (Wildman–Crippen LogP) is 10.9. The fraction of sp³-hybridized carbons (Fsp3) is 0.333. The molecule has 4 aromatic heterocycles. The normalized spacial score (nSPS) is 17.0. The van der Waals surface area contributed by atoms with Crippen molar-refractivity contribution in [1.29, 1.82) is 0 Å². The maximum Gasteiger partial charge on any atom is 0.161 e. The van der Waals surface area contributed by atoms with E-state index in [0.29, 0.717) is 129 Å². The lowest BCUT2D eigenvalue weighted by Crippen LogP contribution is -2.13. The van der Waals surface area contributed by atoms with Crippen molar-refractivity contribution in [3.05, 3.63) is 106 Å². The number of benzene rings is 2. The maximum absolute atomic E-state index is 6.10. The smallest absolute Gasteiger partial charge is 0.161 e. The first-order valence-corrected chi connectivity index (χ1v) is 24.1. The van der Waals surface area contributed by atoms with Gasteiger partial charge in [0.15, 0.2) is 23.0 Å². The molecular weight excluding hydrogens is 865 g/mol. The molecule has 0 saturated heterocycles.